The zero-order valence-electron chi connectivity index (χ0n) is 8.18. The van der Waals surface area contributed by atoms with E-state index in [-0.39, 0.29) is 12.5 Å². The van der Waals surface area contributed by atoms with Crippen LogP contribution in [-0.2, 0) is 16.0 Å². The maximum absolute atomic E-state index is 10.4. The van der Waals surface area contributed by atoms with Crippen LogP contribution in [0.1, 0.15) is 5.56 Å². The van der Waals surface area contributed by atoms with Crippen molar-refractivity contribution in [2.24, 2.45) is 0 Å². The Balaban J connectivity index is 1.93. The van der Waals surface area contributed by atoms with E-state index in [0.717, 1.165) is 11.3 Å². The third kappa shape index (κ3) is 2.70. The number of carbonyl (C=O) groups is 1. The van der Waals surface area contributed by atoms with Crippen molar-refractivity contribution in [1.82, 2.24) is 0 Å². The number of carboxylic acid groups (broad SMARTS) is 1. The molecule has 1 aliphatic heterocycles. The van der Waals surface area contributed by atoms with Crippen LogP contribution >= 0.6 is 0 Å². The van der Waals surface area contributed by atoms with Crippen molar-refractivity contribution in [3.63, 3.8) is 0 Å². The molecule has 1 N–H and O–H groups in total. The summed E-state index contributed by atoms with van der Waals surface area (Å²) in [6.07, 6.45) is 0.197. The van der Waals surface area contributed by atoms with Gasteiger partial charge in [0.1, 0.15) is 11.9 Å². The summed E-state index contributed by atoms with van der Waals surface area (Å²) in [7, 11) is 0. The molecule has 0 saturated carbocycles. The SMILES string of the molecule is O=C(O)Cc1ccc(OC2COC2)cc1. The van der Waals surface area contributed by atoms with Gasteiger partial charge in [0.15, 0.2) is 0 Å². The summed E-state index contributed by atoms with van der Waals surface area (Å²) >= 11 is 0. The van der Waals surface area contributed by atoms with Gasteiger partial charge in [0, 0.05) is 0 Å². The van der Waals surface area contributed by atoms with E-state index in [9.17, 15) is 4.79 Å². The maximum Gasteiger partial charge on any atom is 0.307 e. The highest BCUT2D eigenvalue weighted by molar-refractivity contribution is 5.70. The Labute approximate surface area is 87.4 Å². The molecule has 1 aliphatic rings. The highest BCUT2D eigenvalue weighted by Crippen LogP contribution is 2.17. The minimum absolute atomic E-state index is 0.0484. The average molecular weight is 208 g/mol. The van der Waals surface area contributed by atoms with Gasteiger partial charge in [0.25, 0.3) is 0 Å². The molecular formula is C11H12O4. The molecule has 1 saturated heterocycles. The molecule has 0 bridgehead atoms. The summed E-state index contributed by atoms with van der Waals surface area (Å²) in [4.78, 5) is 10.4. The summed E-state index contributed by atoms with van der Waals surface area (Å²) in [5.74, 6) is -0.0616. The van der Waals surface area contributed by atoms with Crippen LogP contribution in [0.4, 0.5) is 0 Å². The smallest absolute Gasteiger partial charge is 0.307 e. The van der Waals surface area contributed by atoms with Crippen LogP contribution in [-0.4, -0.2) is 30.4 Å². The minimum Gasteiger partial charge on any atom is -0.486 e. The normalized spacial score (nSPS) is 15.7. The molecule has 0 aromatic heterocycles. The fraction of sp³-hybridized carbons (Fsp3) is 0.364. The molecule has 0 unspecified atom stereocenters. The Morgan fingerprint density at radius 3 is 2.53 bits per heavy atom. The van der Waals surface area contributed by atoms with E-state index in [0.29, 0.717) is 13.2 Å². The summed E-state index contributed by atoms with van der Waals surface area (Å²) in [5.41, 5.74) is 0.778. The largest absolute Gasteiger partial charge is 0.486 e. The van der Waals surface area contributed by atoms with E-state index >= 15 is 0 Å². The molecule has 4 nitrogen and oxygen atoms in total. The zero-order valence-corrected chi connectivity index (χ0v) is 8.18. The first kappa shape index (κ1) is 9.98. The first-order chi connectivity index (χ1) is 7.24. The molecule has 0 amide bonds. The van der Waals surface area contributed by atoms with Crippen LogP contribution in [0.25, 0.3) is 0 Å². The number of hydrogen-bond acceptors (Lipinski definition) is 3. The van der Waals surface area contributed by atoms with Gasteiger partial charge < -0.3 is 14.6 Å². The Hall–Kier alpha value is -1.55. The molecule has 15 heavy (non-hydrogen) atoms. The molecule has 1 aromatic rings. The van der Waals surface area contributed by atoms with Crippen LogP contribution in [0.3, 0.4) is 0 Å². The standard InChI is InChI=1S/C11H12O4/c12-11(13)5-8-1-3-9(4-2-8)15-10-6-14-7-10/h1-4,10H,5-7H2,(H,12,13). The molecule has 1 heterocycles. The van der Waals surface area contributed by atoms with Gasteiger partial charge in [-0.15, -0.1) is 0 Å². The number of aliphatic carboxylic acids is 1. The van der Waals surface area contributed by atoms with Crippen molar-refractivity contribution >= 4 is 5.97 Å². The predicted octanol–water partition coefficient (Wildman–Crippen LogP) is 1.09. The molecule has 0 aliphatic carbocycles. The van der Waals surface area contributed by atoms with E-state index in [1.807, 2.05) is 0 Å². The number of benzene rings is 1. The van der Waals surface area contributed by atoms with Crippen LogP contribution in [0, 0.1) is 0 Å². The van der Waals surface area contributed by atoms with Crippen molar-refractivity contribution in [3.05, 3.63) is 29.8 Å². The quantitative estimate of drug-likeness (QED) is 0.804. The third-order valence-corrected chi connectivity index (χ3v) is 2.19. The summed E-state index contributed by atoms with van der Waals surface area (Å²) in [5, 5.41) is 8.58. The number of ether oxygens (including phenoxy) is 2. The van der Waals surface area contributed by atoms with Gasteiger partial charge in [0.2, 0.25) is 0 Å². The van der Waals surface area contributed by atoms with Gasteiger partial charge in [0.05, 0.1) is 19.6 Å². The van der Waals surface area contributed by atoms with Crippen molar-refractivity contribution < 1.29 is 19.4 Å². The lowest BCUT2D eigenvalue weighted by molar-refractivity contribution is -0.136. The number of hydrogen-bond donors (Lipinski definition) is 1. The molecule has 1 fully saturated rings. The highest BCUT2D eigenvalue weighted by Gasteiger charge is 2.19. The number of carboxylic acids is 1. The van der Waals surface area contributed by atoms with Gasteiger partial charge in [-0.3, -0.25) is 4.79 Å². The fourth-order valence-corrected chi connectivity index (χ4v) is 1.34. The predicted molar refractivity (Wildman–Crippen MR) is 53.0 cm³/mol. The maximum atomic E-state index is 10.4. The second kappa shape index (κ2) is 4.31. The fourth-order valence-electron chi connectivity index (χ4n) is 1.34. The monoisotopic (exact) mass is 208 g/mol. The second-order valence-electron chi connectivity index (χ2n) is 3.49. The Morgan fingerprint density at radius 1 is 1.40 bits per heavy atom. The van der Waals surface area contributed by atoms with Crippen LogP contribution in [0.2, 0.25) is 0 Å². The Kier molecular flexibility index (Phi) is 2.87. The van der Waals surface area contributed by atoms with Crippen molar-refractivity contribution in [2.45, 2.75) is 12.5 Å². The summed E-state index contributed by atoms with van der Waals surface area (Å²) in [6, 6.07) is 7.11. The van der Waals surface area contributed by atoms with Crippen LogP contribution in [0.5, 0.6) is 5.75 Å². The van der Waals surface area contributed by atoms with Crippen LogP contribution < -0.4 is 4.74 Å². The van der Waals surface area contributed by atoms with E-state index in [1.165, 1.54) is 0 Å². The van der Waals surface area contributed by atoms with Gasteiger partial charge in [-0.05, 0) is 17.7 Å². The molecule has 0 atom stereocenters. The van der Waals surface area contributed by atoms with Gasteiger partial charge in [-0.1, -0.05) is 12.1 Å². The van der Waals surface area contributed by atoms with Gasteiger partial charge in [-0.2, -0.15) is 0 Å². The third-order valence-electron chi connectivity index (χ3n) is 2.19. The molecule has 1 aromatic carbocycles. The molecule has 4 heteroatoms. The average Bonchev–Trinajstić information content (AvgIpc) is 2.13. The van der Waals surface area contributed by atoms with E-state index in [4.69, 9.17) is 14.6 Å². The molecule has 2 rings (SSSR count). The molecule has 0 spiro atoms. The number of rotatable bonds is 4. The molecule has 80 valence electrons. The van der Waals surface area contributed by atoms with Gasteiger partial charge in [-0.25, -0.2) is 0 Å². The van der Waals surface area contributed by atoms with E-state index in [2.05, 4.69) is 0 Å². The lowest BCUT2D eigenvalue weighted by Crippen LogP contribution is -2.38. The zero-order chi connectivity index (χ0) is 10.7. The van der Waals surface area contributed by atoms with E-state index < -0.39 is 5.97 Å². The van der Waals surface area contributed by atoms with Crippen LogP contribution in [0.15, 0.2) is 24.3 Å². The summed E-state index contributed by atoms with van der Waals surface area (Å²) in [6.45, 7) is 1.27. The van der Waals surface area contributed by atoms with Crippen molar-refractivity contribution in [3.8, 4) is 5.75 Å². The van der Waals surface area contributed by atoms with Crippen molar-refractivity contribution in [1.29, 1.82) is 0 Å². The first-order valence-corrected chi connectivity index (χ1v) is 4.79. The second-order valence-corrected chi connectivity index (χ2v) is 3.49. The van der Waals surface area contributed by atoms with Gasteiger partial charge >= 0.3 is 5.97 Å². The van der Waals surface area contributed by atoms with Crippen molar-refractivity contribution in [2.75, 3.05) is 13.2 Å². The lowest BCUT2D eigenvalue weighted by atomic mass is 10.1. The Bertz CT molecular complexity index is 340. The summed E-state index contributed by atoms with van der Waals surface area (Å²) < 4.78 is 10.5. The minimum atomic E-state index is -0.823. The molecular weight excluding hydrogens is 196 g/mol. The highest BCUT2D eigenvalue weighted by atomic mass is 16.6. The first-order valence-electron chi connectivity index (χ1n) is 4.79. The van der Waals surface area contributed by atoms with E-state index in [1.54, 1.807) is 24.3 Å². The topological polar surface area (TPSA) is 55.8 Å². The lowest BCUT2D eigenvalue weighted by Gasteiger charge is -2.26. The molecule has 0 radical (unpaired) electrons. The Morgan fingerprint density at radius 2 is 2.07 bits per heavy atom.